The molecule has 1 heterocycles. The van der Waals surface area contributed by atoms with Gasteiger partial charge in [-0.2, -0.15) is 0 Å². The molecule has 0 radical (unpaired) electrons. The van der Waals surface area contributed by atoms with Gasteiger partial charge in [-0.3, -0.25) is 24.0 Å². The van der Waals surface area contributed by atoms with Crippen LogP contribution in [0.15, 0.2) is 30.3 Å². The number of ether oxygens (including phenoxy) is 6. The minimum Gasteiger partial charge on any atom is -0.463 e. The van der Waals surface area contributed by atoms with E-state index in [0.29, 0.717) is 6.54 Å². The van der Waals surface area contributed by atoms with Gasteiger partial charge in [0.2, 0.25) is 11.8 Å². The van der Waals surface area contributed by atoms with Gasteiger partial charge in [-0.25, -0.2) is 4.79 Å². The lowest BCUT2D eigenvalue weighted by Gasteiger charge is -2.45. The molecule has 2 rings (SSSR count). The molecule has 6 atom stereocenters. The summed E-state index contributed by atoms with van der Waals surface area (Å²) < 4.78 is 33.5. The first-order chi connectivity index (χ1) is 26.4. The van der Waals surface area contributed by atoms with Crippen LogP contribution in [0.5, 0.6) is 0 Å². The molecule has 1 saturated heterocycles. The third kappa shape index (κ3) is 20.0. The summed E-state index contributed by atoms with van der Waals surface area (Å²) in [5.41, 5.74) is 0.730. The van der Waals surface area contributed by atoms with Crippen molar-refractivity contribution in [1.29, 1.82) is 0 Å². The van der Waals surface area contributed by atoms with Gasteiger partial charge in [0.1, 0.15) is 37.3 Å². The first-order valence-electron chi connectivity index (χ1n) is 19.3. The number of alkyl carbamates (subject to hydrolysis) is 1. The van der Waals surface area contributed by atoms with E-state index in [0.717, 1.165) is 52.0 Å². The van der Waals surface area contributed by atoms with E-state index in [4.69, 9.17) is 40.0 Å². The van der Waals surface area contributed by atoms with E-state index in [1.165, 1.54) is 51.4 Å². The van der Waals surface area contributed by atoms with Crippen molar-refractivity contribution in [2.75, 3.05) is 25.6 Å². The van der Waals surface area contributed by atoms with Crippen LogP contribution in [-0.4, -0.2) is 98.1 Å². The van der Waals surface area contributed by atoms with Gasteiger partial charge in [-0.15, -0.1) is 11.6 Å². The molecule has 1 aromatic carbocycles. The molecule has 310 valence electrons. The minimum atomic E-state index is -1.49. The van der Waals surface area contributed by atoms with Crippen molar-refractivity contribution < 1.29 is 57.2 Å². The number of rotatable bonds is 26. The minimum absolute atomic E-state index is 0.0571. The first kappa shape index (κ1) is 47.2. The lowest BCUT2D eigenvalue weighted by atomic mass is 9.96. The van der Waals surface area contributed by atoms with Crippen molar-refractivity contribution in [3.05, 3.63) is 35.9 Å². The predicted molar refractivity (Wildman–Crippen MR) is 203 cm³/mol. The first-order valence-corrected chi connectivity index (χ1v) is 19.8. The number of alkyl halides is 1. The number of carbonyl (C=O) groups excluding carboxylic acids is 6. The Hall–Kier alpha value is -3.95. The third-order valence-electron chi connectivity index (χ3n) is 8.73. The number of carbonyl (C=O) groups is 6. The smallest absolute Gasteiger partial charge is 0.408 e. The highest BCUT2D eigenvalue weighted by molar-refractivity contribution is 6.27. The van der Waals surface area contributed by atoms with Crippen LogP contribution in [0.3, 0.4) is 0 Å². The van der Waals surface area contributed by atoms with E-state index in [1.54, 1.807) is 24.3 Å². The molecular weight excluding hydrogens is 738 g/mol. The van der Waals surface area contributed by atoms with E-state index < -0.39 is 91.6 Å². The summed E-state index contributed by atoms with van der Waals surface area (Å²) in [4.78, 5) is 75.0. The topological polar surface area (TPSA) is 194 Å². The van der Waals surface area contributed by atoms with Crippen LogP contribution in [0, 0.1) is 0 Å². The molecule has 0 unspecified atom stereocenters. The van der Waals surface area contributed by atoms with Crippen molar-refractivity contribution >= 4 is 47.4 Å². The Morgan fingerprint density at radius 1 is 0.764 bits per heavy atom. The normalized spacial score (nSPS) is 19.7. The highest BCUT2D eigenvalue weighted by atomic mass is 35.5. The quantitative estimate of drug-likeness (QED) is 0.0493. The SMILES string of the molecule is CCCCCCCCCCCCCCNC(=O)[C@H](CO[C@@H]1O[C@H](COC(C)=O)[C@H](OC(C)=O)[C@H](OC(C)=O)[C@H]1NC(=O)CCl)NC(=O)OCc1ccccc1. The Morgan fingerprint density at radius 2 is 1.35 bits per heavy atom. The van der Waals surface area contributed by atoms with Gasteiger partial charge < -0.3 is 44.4 Å². The second-order valence-electron chi connectivity index (χ2n) is 13.5. The molecular formula is C39H60ClN3O12. The molecule has 1 fully saturated rings. The fourth-order valence-electron chi connectivity index (χ4n) is 6.00. The van der Waals surface area contributed by atoms with Crippen molar-refractivity contribution in [1.82, 2.24) is 16.0 Å². The average molecular weight is 798 g/mol. The third-order valence-corrected chi connectivity index (χ3v) is 8.97. The summed E-state index contributed by atoms with van der Waals surface area (Å²) in [6, 6.07) is 6.33. The van der Waals surface area contributed by atoms with Gasteiger partial charge >= 0.3 is 24.0 Å². The number of hydrogen-bond donors (Lipinski definition) is 3. The van der Waals surface area contributed by atoms with E-state index in [1.807, 2.05) is 6.07 Å². The zero-order chi connectivity index (χ0) is 40.4. The van der Waals surface area contributed by atoms with Crippen molar-refractivity contribution in [2.45, 2.75) is 148 Å². The van der Waals surface area contributed by atoms with Crippen LogP contribution in [0.4, 0.5) is 4.79 Å². The Kier molecular flexibility index (Phi) is 23.7. The van der Waals surface area contributed by atoms with Crippen LogP contribution in [0.2, 0.25) is 0 Å². The number of hydrogen-bond acceptors (Lipinski definition) is 12. The zero-order valence-electron chi connectivity index (χ0n) is 32.6. The molecule has 3 N–H and O–H groups in total. The van der Waals surface area contributed by atoms with Gasteiger partial charge in [0.05, 0.1) is 6.61 Å². The predicted octanol–water partition coefficient (Wildman–Crippen LogP) is 4.99. The monoisotopic (exact) mass is 797 g/mol. The molecule has 0 saturated carbocycles. The molecule has 0 aliphatic carbocycles. The van der Waals surface area contributed by atoms with Gasteiger partial charge in [0.15, 0.2) is 18.5 Å². The molecule has 0 aromatic heterocycles. The average Bonchev–Trinajstić information content (AvgIpc) is 3.15. The van der Waals surface area contributed by atoms with Crippen LogP contribution in [0.25, 0.3) is 0 Å². The number of esters is 3. The summed E-state index contributed by atoms with van der Waals surface area (Å²) in [6.45, 7) is 4.94. The summed E-state index contributed by atoms with van der Waals surface area (Å²) in [5, 5.41) is 7.94. The summed E-state index contributed by atoms with van der Waals surface area (Å²) in [5.74, 6) is -4.01. The number of amides is 3. The lowest BCUT2D eigenvalue weighted by Crippen LogP contribution is -2.67. The fraction of sp³-hybridized carbons (Fsp3) is 0.692. The number of halogens is 1. The highest BCUT2D eigenvalue weighted by Gasteiger charge is 2.51. The molecule has 1 aromatic rings. The van der Waals surface area contributed by atoms with E-state index >= 15 is 0 Å². The highest BCUT2D eigenvalue weighted by Crippen LogP contribution is 2.28. The summed E-state index contributed by atoms with van der Waals surface area (Å²) in [6.07, 6.45) is 7.58. The molecule has 1 aliphatic heterocycles. The van der Waals surface area contributed by atoms with Crippen LogP contribution < -0.4 is 16.0 Å². The Bertz CT molecular complexity index is 1320. The molecule has 3 amide bonds. The molecule has 0 spiro atoms. The number of benzene rings is 1. The maximum absolute atomic E-state index is 13.5. The summed E-state index contributed by atoms with van der Waals surface area (Å²) >= 11 is 5.78. The standard InChI is InChI=1S/C39H60ClN3O12/c1-5-6-7-8-9-10-11-12-13-14-15-19-22-41-37(48)31(42-39(49)52-24-30-20-17-16-18-21-30)25-51-38-34(43-33(47)23-40)36(54-29(4)46)35(53-28(3)45)32(55-38)26-50-27(2)44/h16-18,20-21,31-32,34-36,38H,5-15,19,22-26H2,1-4H3,(H,41,48)(H,42,49)(H,43,47)/t31-,32+,34+,35-,36+,38+/m0/s1. The maximum Gasteiger partial charge on any atom is 0.408 e. The second kappa shape index (κ2) is 27.6. The number of unbranched alkanes of at least 4 members (excludes halogenated alkanes) is 11. The molecule has 1 aliphatic rings. The molecule has 16 heteroatoms. The summed E-state index contributed by atoms with van der Waals surface area (Å²) in [7, 11) is 0. The Morgan fingerprint density at radius 3 is 1.91 bits per heavy atom. The zero-order valence-corrected chi connectivity index (χ0v) is 33.4. The van der Waals surface area contributed by atoms with Crippen molar-refractivity contribution in [3.63, 3.8) is 0 Å². The van der Waals surface area contributed by atoms with E-state index in [-0.39, 0.29) is 6.61 Å². The van der Waals surface area contributed by atoms with Gasteiger partial charge in [-0.05, 0) is 12.0 Å². The largest absolute Gasteiger partial charge is 0.463 e. The lowest BCUT2D eigenvalue weighted by molar-refractivity contribution is -0.278. The molecule has 55 heavy (non-hydrogen) atoms. The fourth-order valence-corrected chi connectivity index (χ4v) is 6.08. The Balaban J connectivity index is 2.15. The maximum atomic E-state index is 13.5. The second-order valence-corrected chi connectivity index (χ2v) is 13.8. The van der Waals surface area contributed by atoms with Gasteiger partial charge in [0.25, 0.3) is 0 Å². The van der Waals surface area contributed by atoms with Gasteiger partial charge in [-0.1, -0.05) is 108 Å². The number of nitrogens with one attached hydrogen (secondary N) is 3. The van der Waals surface area contributed by atoms with Gasteiger partial charge in [0, 0.05) is 27.3 Å². The molecule has 15 nitrogen and oxygen atoms in total. The van der Waals surface area contributed by atoms with Crippen molar-refractivity contribution in [2.24, 2.45) is 0 Å². The molecule has 0 bridgehead atoms. The van der Waals surface area contributed by atoms with Crippen molar-refractivity contribution in [3.8, 4) is 0 Å². The Labute approximate surface area is 329 Å². The van der Waals surface area contributed by atoms with Crippen LogP contribution >= 0.6 is 11.6 Å². The van der Waals surface area contributed by atoms with Crippen LogP contribution in [-0.2, 0) is 59.0 Å². The van der Waals surface area contributed by atoms with Crippen LogP contribution in [0.1, 0.15) is 110 Å². The van der Waals surface area contributed by atoms with E-state index in [9.17, 15) is 28.8 Å². The van der Waals surface area contributed by atoms with E-state index in [2.05, 4.69) is 22.9 Å².